The van der Waals surface area contributed by atoms with Crippen LogP contribution in [0, 0.1) is 0 Å². The van der Waals surface area contributed by atoms with Crippen LogP contribution in [0.25, 0.3) is 0 Å². The first-order chi connectivity index (χ1) is 8.32. The van der Waals surface area contributed by atoms with Crippen molar-refractivity contribution in [3.05, 3.63) is 0 Å². The van der Waals surface area contributed by atoms with Crippen LogP contribution in [0.1, 0.15) is 53.4 Å². The van der Waals surface area contributed by atoms with E-state index in [-0.39, 0.29) is 17.7 Å². The van der Waals surface area contributed by atoms with E-state index in [9.17, 15) is 4.79 Å². The molecule has 2 aliphatic heterocycles. The van der Waals surface area contributed by atoms with E-state index in [0.29, 0.717) is 0 Å². The molecule has 0 unspecified atom stereocenters. The van der Waals surface area contributed by atoms with Crippen LogP contribution in [0.4, 0.5) is 4.79 Å². The highest BCUT2D eigenvalue weighted by atomic mass is 16.6. The molecule has 0 aromatic rings. The van der Waals surface area contributed by atoms with Crippen LogP contribution in [0.3, 0.4) is 0 Å². The van der Waals surface area contributed by atoms with Gasteiger partial charge in [-0.1, -0.05) is 0 Å². The maximum Gasteiger partial charge on any atom is 0.410 e. The summed E-state index contributed by atoms with van der Waals surface area (Å²) in [7, 11) is 0. The number of piperidine rings is 2. The number of nitrogens with one attached hydrogen (secondary N) is 1. The molecule has 104 valence electrons. The smallest absolute Gasteiger partial charge is 0.410 e. The molecule has 18 heavy (non-hydrogen) atoms. The number of hydrogen-bond acceptors (Lipinski definition) is 3. The van der Waals surface area contributed by atoms with Crippen molar-refractivity contribution in [2.45, 2.75) is 70.6 Å². The zero-order chi connectivity index (χ0) is 13.4. The number of rotatable bonds is 0. The van der Waals surface area contributed by atoms with Gasteiger partial charge in [0.2, 0.25) is 0 Å². The maximum atomic E-state index is 12.3. The highest BCUT2D eigenvalue weighted by molar-refractivity contribution is 5.69. The van der Waals surface area contributed by atoms with Gasteiger partial charge in [-0.05, 0) is 59.9 Å². The van der Waals surface area contributed by atoms with Crippen LogP contribution in [0.5, 0.6) is 0 Å². The number of carbonyl (C=O) groups is 1. The van der Waals surface area contributed by atoms with Crippen molar-refractivity contribution >= 4 is 6.09 Å². The summed E-state index contributed by atoms with van der Waals surface area (Å²) in [5, 5.41) is 3.60. The molecule has 4 nitrogen and oxygen atoms in total. The number of likely N-dealkylation sites (tertiary alicyclic amines) is 1. The monoisotopic (exact) mass is 254 g/mol. The fraction of sp³-hybridized carbons (Fsp3) is 0.929. The molecule has 1 N–H and O–H groups in total. The van der Waals surface area contributed by atoms with Crippen molar-refractivity contribution in [2.24, 2.45) is 0 Å². The Morgan fingerprint density at radius 2 is 2.11 bits per heavy atom. The summed E-state index contributed by atoms with van der Waals surface area (Å²) >= 11 is 0. The van der Waals surface area contributed by atoms with Crippen molar-refractivity contribution in [2.75, 3.05) is 13.1 Å². The molecule has 2 rings (SSSR count). The first kappa shape index (κ1) is 13.7. The van der Waals surface area contributed by atoms with E-state index < -0.39 is 5.60 Å². The molecular formula is C14H26N2O2. The van der Waals surface area contributed by atoms with E-state index in [2.05, 4.69) is 12.2 Å². The lowest BCUT2D eigenvalue weighted by molar-refractivity contribution is -0.0162. The Labute approximate surface area is 110 Å². The van der Waals surface area contributed by atoms with Crippen molar-refractivity contribution in [3.8, 4) is 0 Å². The third-order valence-electron chi connectivity index (χ3n) is 4.02. The molecule has 0 spiro atoms. The Bertz CT molecular complexity index is 320. The minimum Gasteiger partial charge on any atom is -0.444 e. The predicted octanol–water partition coefficient (Wildman–Crippen LogP) is 2.53. The molecular weight excluding hydrogens is 228 g/mol. The van der Waals surface area contributed by atoms with Gasteiger partial charge in [0.25, 0.3) is 0 Å². The van der Waals surface area contributed by atoms with Gasteiger partial charge in [0.15, 0.2) is 0 Å². The molecule has 0 bridgehead atoms. The van der Waals surface area contributed by atoms with E-state index in [4.69, 9.17) is 4.74 Å². The Hall–Kier alpha value is -0.770. The second-order valence-electron chi connectivity index (χ2n) is 6.78. The summed E-state index contributed by atoms with van der Waals surface area (Å²) in [5.74, 6) is 0. The Balaban J connectivity index is 2.09. The van der Waals surface area contributed by atoms with Gasteiger partial charge in [0.05, 0.1) is 6.04 Å². The second kappa shape index (κ2) is 4.72. The number of nitrogens with zero attached hydrogens (tertiary/aromatic N) is 1. The van der Waals surface area contributed by atoms with E-state index in [1.54, 1.807) is 0 Å². The summed E-state index contributed by atoms with van der Waals surface area (Å²) in [6, 6.07) is 0.287. The molecule has 1 amide bonds. The van der Waals surface area contributed by atoms with Gasteiger partial charge in [-0.2, -0.15) is 0 Å². The Kier molecular flexibility index (Phi) is 3.58. The van der Waals surface area contributed by atoms with Gasteiger partial charge < -0.3 is 15.0 Å². The molecule has 0 aromatic carbocycles. The van der Waals surface area contributed by atoms with Gasteiger partial charge in [0.1, 0.15) is 5.60 Å². The van der Waals surface area contributed by atoms with Gasteiger partial charge in [-0.3, -0.25) is 0 Å². The third kappa shape index (κ3) is 2.79. The van der Waals surface area contributed by atoms with Gasteiger partial charge in [0, 0.05) is 12.1 Å². The molecule has 0 aromatic heterocycles. The normalized spacial score (nSPS) is 32.9. The standard InChI is InChI=1S/C14H26N2O2/c1-13(2,3)18-12(17)16-10-6-8-14(4)11(16)7-5-9-15-14/h11,15H,5-10H2,1-4H3/t11-,14+/m1/s1. The lowest BCUT2D eigenvalue weighted by atomic mass is 9.78. The first-order valence-electron chi connectivity index (χ1n) is 7.06. The summed E-state index contributed by atoms with van der Waals surface area (Å²) in [6.45, 7) is 9.91. The fourth-order valence-electron chi connectivity index (χ4n) is 3.17. The van der Waals surface area contributed by atoms with Crippen molar-refractivity contribution in [1.82, 2.24) is 10.2 Å². The minimum absolute atomic E-state index is 0.0768. The molecule has 2 saturated heterocycles. The molecule has 2 atom stereocenters. The van der Waals surface area contributed by atoms with Gasteiger partial charge in [-0.25, -0.2) is 4.79 Å². The van der Waals surface area contributed by atoms with E-state index in [1.165, 1.54) is 0 Å². The van der Waals surface area contributed by atoms with Crippen LogP contribution in [0.15, 0.2) is 0 Å². The number of carbonyl (C=O) groups excluding carboxylic acids is 1. The van der Waals surface area contributed by atoms with Crippen molar-refractivity contribution < 1.29 is 9.53 Å². The van der Waals surface area contributed by atoms with Crippen LogP contribution in [0.2, 0.25) is 0 Å². The van der Waals surface area contributed by atoms with Crippen LogP contribution in [-0.2, 0) is 4.74 Å². The van der Waals surface area contributed by atoms with Crippen molar-refractivity contribution in [1.29, 1.82) is 0 Å². The number of ether oxygens (including phenoxy) is 1. The molecule has 2 heterocycles. The molecule has 4 heteroatoms. The molecule has 2 fully saturated rings. The predicted molar refractivity (Wildman–Crippen MR) is 71.6 cm³/mol. The van der Waals surface area contributed by atoms with E-state index in [1.807, 2.05) is 25.7 Å². The Morgan fingerprint density at radius 3 is 2.78 bits per heavy atom. The van der Waals surface area contributed by atoms with Crippen LogP contribution in [-0.4, -0.2) is 41.3 Å². The largest absolute Gasteiger partial charge is 0.444 e. The minimum atomic E-state index is -0.410. The lowest BCUT2D eigenvalue weighted by Crippen LogP contribution is -2.66. The number of hydrogen-bond donors (Lipinski definition) is 1. The third-order valence-corrected chi connectivity index (χ3v) is 4.02. The fourth-order valence-corrected chi connectivity index (χ4v) is 3.17. The highest BCUT2D eigenvalue weighted by Gasteiger charge is 2.45. The molecule has 0 saturated carbocycles. The van der Waals surface area contributed by atoms with Gasteiger partial charge in [-0.15, -0.1) is 0 Å². The average Bonchev–Trinajstić information content (AvgIpc) is 2.24. The average molecular weight is 254 g/mol. The van der Waals surface area contributed by atoms with Crippen molar-refractivity contribution in [3.63, 3.8) is 0 Å². The molecule has 2 aliphatic rings. The summed E-state index contributed by atoms with van der Waals surface area (Å²) in [6.07, 6.45) is 4.28. The van der Waals surface area contributed by atoms with E-state index in [0.717, 1.165) is 38.8 Å². The zero-order valence-corrected chi connectivity index (χ0v) is 12.1. The van der Waals surface area contributed by atoms with Crippen LogP contribution < -0.4 is 5.32 Å². The highest BCUT2D eigenvalue weighted by Crippen LogP contribution is 2.33. The Morgan fingerprint density at radius 1 is 1.39 bits per heavy atom. The zero-order valence-electron chi connectivity index (χ0n) is 12.1. The topological polar surface area (TPSA) is 41.6 Å². The first-order valence-corrected chi connectivity index (χ1v) is 7.06. The summed E-state index contributed by atoms with van der Waals surface area (Å²) < 4.78 is 5.53. The molecule has 0 radical (unpaired) electrons. The number of amides is 1. The lowest BCUT2D eigenvalue weighted by Gasteiger charge is -2.51. The molecule has 0 aliphatic carbocycles. The maximum absolute atomic E-state index is 12.3. The summed E-state index contributed by atoms with van der Waals surface area (Å²) in [4.78, 5) is 14.2. The second-order valence-corrected chi connectivity index (χ2v) is 6.78. The number of fused-ring (bicyclic) bond motifs is 1. The quantitative estimate of drug-likeness (QED) is 0.722. The van der Waals surface area contributed by atoms with Crippen LogP contribution >= 0.6 is 0 Å². The van der Waals surface area contributed by atoms with E-state index >= 15 is 0 Å². The van der Waals surface area contributed by atoms with Gasteiger partial charge >= 0.3 is 6.09 Å². The summed E-state index contributed by atoms with van der Waals surface area (Å²) in [5.41, 5.74) is -0.333. The SMILES string of the molecule is CC(C)(C)OC(=O)N1CCC[C@]2(C)NCCC[C@@H]12.